The molecular formula is C15H13ClN2O2S. The Morgan fingerprint density at radius 1 is 1.38 bits per heavy atom. The molecule has 21 heavy (non-hydrogen) atoms. The normalized spacial score (nSPS) is 9.81. The lowest BCUT2D eigenvalue weighted by Gasteiger charge is -2.05. The number of nitrogens with two attached hydrogens (primary N) is 1. The zero-order chi connectivity index (χ0) is 15.2. The third-order valence-corrected chi connectivity index (χ3v) is 3.84. The second-order valence-corrected chi connectivity index (χ2v) is 5.72. The Balaban J connectivity index is 1.99. The molecule has 2 rings (SSSR count). The van der Waals surface area contributed by atoms with Crippen LogP contribution in [0.4, 0.5) is 0 Å². The van der Waals surface area contributed by atoms with Crippen molar-refractivity contribution in [1.29, 1.82) is 0 Å². The molecule has 0 aliphatic heterocycles. The molecule has 1 heterocycles. The lowest BCUT2D eigenvalue weighted by atomic mass is 10.2. The molecule has 0 spiro atoms. The van der Waals surface area contributed by atoms with Crippen LogP contribution in [0.1, 0.15) is 20.1 Å². The number of hydrogen-bond acceptors (Lipinski definition) is 4. The summed E-state index contributed by atoms with van der Waals surface area (Å²) in [6, 6.07) is 8.16. The average molecular weight is 321 g/mol. The van der Waals surface area contributed by atoms with E-state index in [9.17, 15) is 9.90 Å². The van der Waals surface area contributed by atoms with Crippen LogP contribution in [-0.4, -0.2) is 17.6 Å². The van der Waals surface area contributed by atoms with Crippen molar-refractivity contribution in [3.63, 3.8) is 0 Å². The van der Waals surface area contributed by atoms with Gasteiger partial charge in [0, 0.05) is 9.90 Å². The molecule has 0 aliphatic carbocycles. The number of phenolic OH excluding ortho intramolecular Hbond substituents is 1. The highest BCUT2D eigenvalue weighted by atomic mass is 35.5. The van der Waals surface area contributed by atoms with Crippen LogP contribution in [0, 0.1) is 11.8 Å². The molecule has 4 nitrogen and oxygen atoms in total. The van der Waals surface area contributed by atoms with Gasteiger partial charge in [-0.3, -0.25) is 4.79 Å². The molecule has 1 aromatic carbocycles. The summed E-state index contributed by atoms with van der Waals surface area (Å²) in [4.78, 5) is 13.8. The zero-order valence-electron chi connectivity index (χ0n) is 11.0. The number of carbonyl (C=O) groups is 1. The monoisotopic (exact) mass is 320 g/mol. The van der Waals surface area contributed by atoms with Crippen molar-refractivity contribution in [2.45, 2.75) is 6.54 Å². The molecule has 6 heteroatoms. The fourth-order valence-corrected chi connectivity index (χ4v) is 2.63. The maximum atomic E-state index is 12.0. The van der Waals surface area contributed by atoms with Gasteiger partial charge in [0.05, 0.1) is 23.5 Å². The van der Waals surface area contributed by atoms with Crippen molar-refractivity contribution in [2.75, 3.05) is 6.54 Å². The first-order valence-corrected chi connectivity index (χ1v) is 7.34. The van der Waals surface area contributed by atoms with Crippen LogP contribution in [-0.2, 0) is 6.54 Å². The van der Waals surface area contributed by atoms with E-state index in [4.69, 9.17) is 17.3 Å². The molecule has 0 fully saturated rings. The molecule has 0 bridgehead atoms. The molecule has 108 valence electrons. The lowest BCUT2D eigenvalue weighted by molar-refractivity contribution is 0.0948. The number of rotatable bonds is 3. The van der Waals surface area contributed by atoms with Crippen LogP contribution in [0.5, 0.6) is 5.75 Å². The maximum absolute atomic E-state index is 12.0. The topological polar surface area (TPSA) is 75.3 Å². The minimum Gasteiger partial charge on any atom is -0.507 e. The fourth-order valence-electron chi connectivity index (χ4n) is 1.64. The van der Waals surface area contributed by atoms with Crippen LogP contribution in [0.2, 0.25) is 5.02 Å². The van der Waals surface area contributed by atoms with Crippen LogP contribution in [0.3, 0.4) is 0 Å². The van der Waals surface area contributed by atoms with E-state index < -0.39 is 0 Å². The Morgan fingerprint density at radius 2 is 2.19 bits per heavy atom. The Morgan fingerprint density at radius 3 is 2.90 bits per heavy atom. The van der Waals surface area contributed by atoms with Gasteiger partial charge in [0.2, 0.25) is 0 Å². The highest BCUT2D eigenvalue weighted by Gasteiger charge is 2.11. The van der Waals surface area contributed by atoms with Gasteiger partial charge in [0.1, 0.15) is 5.75 Å². The van der Waals surface area contributed by atoms with E-state index in [-0.39, 0.29) is 17.2 Å². The van der Waals surface area contributed by atoms with E-state index in [1.165, 1.54) is 23.5 Å². The van der Waals surface area contributed by atoms with Crippen molar-refractivity contribution in [3.8, 4) is 17.6 Å². The van der Waals surface area contributed by atoms with E-state index in [1.54, 1.807) is 6.07 Å². The number of carbonyl (C=O) groups excluding carboxylic acids is 1. The standard InChI is InChI=1S/C15H13ClN2O2S/c16-10-3-6-13(14(19)8-10)15(20)18-9-12-5-4-11(21-12)2-1-7-17/h3-6,8,19H,7,9,17H2,(H,18,20). The van der Waals surface area contributed by atoms with Gasteiger partial charge in [-0.25, -0.2) is 0 Å². The highest BCUT2D eigenvalue weighted by Crippen LogP contribution is 2.22. The fraction of sp³-hybridized carbons (Fsp3) is 0.133. The number of benzene rings is 1. The highest BCUT2D eigenvalue weighted by molar-refractivity contribution is 7.12. The molecule has 1 amide bonds. The molecule has 0 atom stereocenters. The van der Waals surface area contributed by atoms with Gasteiger partial charge in [-0.1, -0.05) is 23.4 Å². The van der Waals surface area contributed by atoms with Gasteiger partial charge < -0.3 is 16.2 Å². The third kappa shape index (κ3) is 4.23. The van der Waals surface area contributed by atoms with Gasteiger partial charge in [0.25, 0.3) is 5.91 Å². The predicted molar refractivity (Wildman–Crippen MR) is 84.5 cm³/mol. The molecule has 4 N–H and O–H groups in total. The smallest absolute Gasteiger partial charge is 0.255 e. The average Bonchev–Trinajstić information content (AvgIpc) is 2.90. The lowest BCUT2D eigenvalue weighted by Crippen LogP contribution is -2.22. The minimum absolute atomic E-state index is 0.138. The number of thiophene rings is 1. The number of nitrogens with one attached hydrogen (secondary N) is 1. The Hall–Kier alpha value is -2.00. The number of hydrogen-bond donors (Lipinski definition) is 3. The molecule has 0 radical (unpaired) electrons. The molecule has 0 aliphatic rings. The first kappa shape index (κ1) is 15.4. The molecule has 0 unspecified atom stereocenters. The zero-order valence-corrected chi connectivity index (χ0v) is 12.6. The Kier molecular flexibility index (Phi) is 5.23. The van der Waals surface area contributed by atoms with Gasteiger partial charge in [-0.05, 0) is 30.3 Å². The first-order valence-electron chi connectivity index (χ1n) is 6.14. The Labute approximate surface area is 131 Å². The predicted octanol–water partition coefficient (Wildman–Crippen LogP) is 2.35. The molecule has 0 saturated heterocycles. The van der Waals surface area contributed by atoms with Crippen LogP contribution in [0.25, 0.3) is 0 Å². The van der Waals surface area contributed by atoms with Gasteiger partial charge in [-0.2, -0.15) is 0 Å². The summed E-state index contributed by atoms with van der Waals surface area (Å²) >= 11 is 7.22. The van der Waals surface area contributed by atoms with Crippen molar-refractivity contribution < 1.29 is 9.90 Å². The summed E-state index contributed by atoms with van der Waals surface area (Å²) in [6.07, 6.45) is 0. The second-order valence-electron chi connectivity index (χ2n) is 4.12. The molecule has 0 saturated carbocycles. The van der Waals surface area contributed by atoms with Crippen LogP contribution >= 0.6 is 22.9 Å². The van der Waals surface area contributed by atoms with E-state index in [0.29, 0.717) is 18.1 Å². The summed E-state index contributed by atoms with van der Waals surface area (Å²) in [7, 11) is 0. The number of phenols is 1. The van der Waals surface area contributed by atoms with Crippen molar-refractivity contribution in [1.82, 2.24) is 5.32 Å². The summed E-state index contributed by atoms with van der Waals surface area (Å²) in [6.45, 7) is 0.690. The quantitative estimate of drug-likeness (QED) is 0.760. The second kappa shape index (κ2) is 7.14. The van der Waals surface area contributed by atoms with E-state index >= 15 is 0 Å². The number of halogens is 1. The maximum Gasteiger partial charge on any atom is 0.255 e. The minimum atomic E-state index is -0.354. The van der Waals surface area contributed by atoms with Crippen molar-refractivity contribution in [3.05, 3.63) is 50.7 Å². The SMILES string of the molecule is NCC#Cc1ccc(CNC(=O)c2ccc(Cl)cc2O)s1. The summed E-state index contributed by atoms with van der Waals surface area (Å²) < 4.78 is 0. The van der Waals surface area contributed by atoms with E-state index in [1.807, 2.05) is 12.1 Å². The van der Waals surface area contributed by atoms with Crippen LogP contribution < -0.4 is 11.1 Å². The molecular weight excluding hydrogens is 308 g/mol. The number of aromatic hydroxyl groups is 1. The van der Waals surface area contributed by atoms with Crippen molar-refractivity contribution in [2.24, 2.45) is 5.73 Å². The third-order valence-electron chi connectivity index (χ3n) is 2.60. The Bertz CT molecular complexity index is 716. The largest absolute Gasteiger partial charge is 0.507 e. The van der Waals surface area contributed by atoms with E-state index in [0.717, 1.165) is 9.75 Å². The van der Waals surface area contributed by atoms with E-state index in [2.05, 4.69) is 17.2 Å². The number of amides is 1. The summed E-state index contributed by atoms with van der Waals surface area (Å²) in [5, 5.41) is 12.8. The molecule has 2 aromatic rings. The first-order chi connectivity index (χ1) is 10.1. The van der Waals surface area contributed by atoms with Gasteiger partial charge in [0.15, 0.2) is 0 Å². The van der Waals surface area contributed by atoms with Crippen LogP contribution in [0.15, 0.2) is 30.3 Å². The molecule has 1 aromatic heterocycles. The van der Waals surface area contributed by atoms with Gasteiger partial charge >= 0.3 is 0 Å². The summed E-state index contributed by atoms with van der Waals surface area (Å²) in [5.41, 5.74) is 5.51. The van der Waals surface area contributed by atoms with Gasteiger partial charge in [-0.15, -0.1) is 11.3 Å². The summed E-state index contributed by atoms with van der Waals surface area (Å²) in [5.74, 6) is 5.22. The van der Waals surface area contributed by atoms with Crippen molar-refractivity contribution >= 4 is 28.8 Å².